The summed E-state index contributed by atoms with van der Waals surface area (Å²) in [5.41, 5.74) is 3.55. The molecule has 0 N–H and O–H groups in total. The Kier molecular flexibility index (Phi) is 5.48. The van der Waals surface area contributed by atoms with Crippen molar-refractivity contribution in [3.05, 3.63) is 72.2 Å². The Hall–Kier alpha value is -2.22. The number of halogens is 1. The molecule has 0 aliphatic carbocycles. The van der Waals surface area contributed by atoms with Crippen LogP contribution < -0.4 is 0 Å². The normalized spacial score (nSPS) is 19.3. The van der Waals surface area contributed by atoms with E-state index in [-0.39, 0.29) is 24.0 Å². The van der Waals surface area contributed by atoms with Crippen LogP contribution in [0.4, 0.5) is 0 Å². The van der Waals surface area contributed by atoms with E-state index >= 15 is 0 Å². The minimum absolute atomic E-state index is 0. The van der Waals surface area contributed by atoms with Gasteiger partial charge in [-0.1, -0.05) is 48.5 Å². The Morgan fingerprint density at radius 1 is 0.929 bits per heavy atom. The molecule has 28 heavy (non-hydrogen) atoms. The zero-order valence-electron chi connectivity index (χ0n) is 15.9. The second-order valence-electron chi connectivity index (χ2n) is 7.53. The SMILES string of the molecule is CN1CC(Cc2ccccc2)N=C1N1CC(c2ncnc3ccccc23)C1.I. The Morgan fingerprint density at radius 2 is 1.68 bits per heavy atom. The minimum Gasteiger partial charge on any atom is -0.344 e. The van der Waals surface area contributed by atoms with E-state index < -0.39 is 0 Å². The molecule has 1 atom stereocenters. The second-order valence-corrected chi connectivity index (χ2v) is 7.53. The number of guanidine groups is 1. The van der Waals surface area contributed by atoms with Crippen molar-refractivity contribution >= 4 is 40.8 Å². The van der Waals surface area contributed by atoms with E-state index in [2.05, 4.69) is 75.3 Å². The van der Waals surface area contributed by atoms with Crippen LogP contribution in [0.2, 0.25) is 0 Å². The molecule has 1 unspecified atom stereocenters. The van der Waals surface area contributed by atoms with Crippen LogP contribution in [0.5, 0.6) is 0 Å². The van der Waals surface area contributed by atoms with Gasteiger partial charge in [0.05, 0.1) is 17.3 Å². The van der Waals surface area contributed by atoms with Gasteiger partial charge in [0, 0.05) is 38.0 Å². The Labute approximate surface area is 182 Å². The first-order valence-electron chi connectivity index (χ1n) is 9.55. The zero-order valence-corrected chi connectivity index (χ0v) is 18.2. The van der Waals surface area contributed by atoms with Crippen LogP contribution >= 0.6 is 24.0 Å². The number of hydrogen-bond donors (Lipinski definition) is 0. The molecule has 2 aliphatic rings. The van der Waals surface area contributed by atoms with Crippen LogP contribution in [0.15, 0.2) is 65.9 Å². The maximum atomic E-state index is 5.01. The summed E-state index contributed by atoms with van der Waals surface area (Å²) in [6.45, 7) is 2.94. The van der Waals surface area contributed by atoms with Crippen molar-refractivity contribution in [1.82, 2.24) is 19.8 Å². The largest absolute Gasteiger partial charge is 0.344 e. The molecule has 0 radical (unpaired) electrons. The van der Waals surface area contributed by atoms with Gasteiger partial charge in [-0.05, 0) is 18.1 Å². The van der Waals surface area contributed by atoms with Crippen molar-refractivity contribution in [2.45, 2.75) is 18.4 Å². The van der Waals surface area contributed by atoms with E-state index in [0.29, 0.717) is 12.0 Å². The standard InChI is InChI=1S/C22H23N5.HI/c1-26-14-18(11-16-7-3-2-4-8-16)25-22(26)27-12-17(13-27)21-19-9-5-6-10-20(19)23-15-24-21;/h2-10,15,17-18H,11-14H2,1H3;1H. The highest BCUT2D eigenvalue weighted by Gasteiger charge is 2.36. The van der Waals surface area contributed by atoms with Crippen LogP contribution in [0.3, 0.4) is 0 Å². The summed E-state index contributed by atoms with van der Waals surface area (Å²) in [6, 6.07) is 19.3. The third-order valence-corrected chi connectivity index (χ3v) is 5.56. The lowest BCUT2D eigenvalue weighted by Crippen LogP contribution is -2.52. The van der Waals surface area contributed by atoms with Crippen molar-refractivity contribution in [2.24, 2.45) is 4.99 Å². The quantitative estimate of drug-likeness (QED) is 0.533. The lowest BCUT2D eigenvalue weighted by atomic mass is 9.93. The lowest BCUT2D eigenvalue weighted by Gasteiger charge is -2.42. The maximum Gasteiger partial charge on any atom is 0.196 e. The lowest BCUT2D eigenvalue weighted by molar-refractivity contribution is 0.226. The Bertz CT molecular complexity index is 979. The van der Waals surface area contributed by atoms with Gasteiger partial charge in [-0.3, -0.25) is 0 Å². The fraction of sp³-hybridized carbons (Fsp3) is 0.318. The number of likely N-dealkylation sites (tertiary alicyclic amines) is 1. The molecule has 1 fully saturated rings. The van der Waals surface area contributed by atoms with E-state index in [1.54, 1.807) is 6.33 Å². The number of hydrogen-bond acceptors (Lipinski definition) is 5. The third-order valence-electron chi connectivity index (χ3n) is 5.56. The summed E-state index contributed by atoms with van der Waals surface area (Å²) in [7, 11) is 2.15. The Balaban J connectivity index is 0.00000192. The molecule has 6 heteroatoms. The van der Waals surface area contributed by atoms with Crippen molar-refractivity contribution in [1.29, 1.82) is 0 Å². The van der Waals surface area contributed by atoms with Gasteiger partial charge in [0.15, 0.2) is 5.96 Å². The fourth-order valence-electron chi connectivity index (χ4n) is 4.19. The number of para-hydroxylation sites is 1. The highest BCUT2D eigenvalue weighted by molar-refractivity contribution is 14.0. The van der Waals surface area contributed by atoms with E-state index in [4.69, 9.17) is 4.99 Å². The summed E-state index contributed by atoms with van der Waals surface area (Å²) in [5.74, 6) is 1.58. The molecule has 3 aromatic rings. The predicted molar refractivity (Wildman–Crippen MR) is 123 cm³/mol. The molecule has 5 nitrogen and oxygen atoms in total. The average molecular weight is 485 g/mol. The number of likely N-dealkylation sites (N-methyl/N-ethyl adjacent to an activating group) is 1. The van der Waals surface area contributed by atoms with Crippen LogP contribution in [0.1, 0.15) is 17.2 Å². The zero-order chi connectivity index (χ0) is 18.2. The number of fused-ring (bicyclic) bond motifs is 1. The van der Waals surface area contributed by atoms with Crippen LogP contribution in [-0.2, 0) is 6.42 Å². The van der Waals surface area contributed by atoms with Crippen molar-refractivity contribution < 1.29 is 0 Å². The van der Waals surface area contributed by atoms with Gasteiger partial charge >= 0.3 is 0 Å². The molecule has 1 aromatic heterocycles. The molecule has 1 saturated heterocycles. The van der Waals surface area contributed by atoms with Crippen LogP contribution in [-0.4, -0.2) is 58.5 Å². The van der Waals surface area contributed by atoms with E-state index in [0.717, 1.165) is 37.5 Å². The monoisotopic (exact) mass is 485 g/mol. The summed E-state index contributed by atoms with van der Waals surface area (Å²) in [6.07, 6.45) is 2.69. The van der Waals surface area contributed by atoms with Gasteiger partial charge in [-0.25, -0.2) is 15.0 Å². The van der Waals surface area contributed by atoms with Gasteiger partial charge in [0.2, 0.25) is 0 Å². The van der Waals surface area contributed by atoms with Crippen molar-refractivity contribution in [3.63, 3.8) is 0 Å². The number of aromatic nitrogens is 2. The van der Waals surface area contributed by atoms with Gasteiger partial charge < -0.3 is 9.80 Å². The maximum absolute atomic E-state index is 5.01. The van der Waals surface area contributed by atoms with Gasteiger partial charge in [-0.15, -0.1) is 24.0 Å². The number of rotatable bonds is 3. The first kappa shape index (κ1) is 19.1. The number of benzene rings is 2. The van der Waals surface area contributed by atoms with Gasteiger partial charge in [0.25, 0.3) is 0 Å². The molecule has 0 bridgehead atoms. The first-order chi connectivity index (χ1) is 13.3. The first-order valence-corrected chi connectivity index (χ1v) is 9.55. The third kappa shape index (κ3) is 3.57. The molecule has 2 aromatic carbocycles. The summed E-state index contributed by atoms with van der Waals surface area (Å²) in [4.78, 5) is 18.7. The highest BCUT2D eigenvalue weighted by Crippen LogP contribution is 2.31. The Morgan fingerprint density at radius 3 is 2.50 bits per heavy atom. The molecule has 3 heterocycles. The molecule has 0 spiro atoms. The molecule has 144 valence electrons. The number of aliphatic imine (C=N–C) groups is 1. The van der Waals surface area contributed by atoms with E-state index in [1.165, 1.54) is 16.6 Å². The second kappa shape index (κ2) is 8.03. The van der Waals surface area contributed by atoms with Crippen molar-refractivity contribution in [3.8, 4) is 0 Å². The van der Waals surface area contributed by atoms with Crippen molar-refractivity contribution in [2.75, 3.05) is 26.7 Å². The van der Waals surface area contributed by atoms with Gasteiger partial charge in [-0.2, -0.15) is 0 Å². The highest BCUT2D eigenvalue weighted by atomic mass is 127. The predicted octanol–water partition coefficient (Wildman–Crippen LogP) is 3.56. The minimum atomic E-state index is 0. The molecule has 5 rings (SSSR count). The summed E-state index contributed by atoms with van der Waals surface area (Å²) in [5, 5.41) is 1.17. The van der Waals surface area contributed by atoms with Crippen LogP contribution in [0, 0.1) is 0 Å². The summed E-state index contributed by atoms with van der Waals surface area (Å²) < 4.78 is 0. The van der Waals surface area contributed by atoms with E-state index in [9.17, 15) is 0 Å². The smallest absolute Gasteiger partial charge is 0.196 e. The molecule has 0 amide bonds. The van der Waals surface area contributed by atoms with E-state index in [1.807, 2.05) is 6.07 Å². The molecule has 2 aliphatic heterocycles. The number of nitrogens with zero attached hydrogens (tertiary/aromatic N) is 5. The molecular formula is C22H24IN5. The summed E-state index contributed by atoms with van der Waals surface area (Å²) >= 11 is 0. The molecule has 0 saturated carbocycles. The van der Waals surface area contributed by atoms with Gasteiger partial charge in [0.1, 0.15) is 6.33 Å². The average Bonchev–Trinajstić information content (AvgIpc) is 3.01. The molecular weight excluding hydrogens is 461 g/mol. The van der Waals surface area contributed by atoms with Crippen LogP contribution in [0.25, 0.3) is 10.9 Å². The topological polar surface area (TPSA) is 44.6 Å². The fourth-order valence-corrected chi connectivity index (χ4v) is 4.19.